The van der Waals surface area contributed by atoms with Gasteiger partial charge in [0.15, 0.2) is 0 Å². The molecule has 0 aliphatic rings. The van der Waals surface area contributed by atoms with Gasteiger partial charge in [0.05, 0.1) is 10.7 Å². The van der Waals surface area contributed by atoms with Crippen LogP contribution >= 0.6 is 27.5 Å². The van der Waals surface area contributed by atoms with Crippen molar-refractivity contribution in [2.24, 2.45) is 5.73 Å². The SMILES string of the molecule is N[C@@H](Cc1sncc1Br)C(=O)O. The van der Waals surface area contributed by atoms with Crippen molar-refractivity contribution in [3.63, 3.8) is 0 Å². The molecule has 3 N–H and O–H groups in total. The molecular formula is C6H7BrN2O2S. The monoisotopic (exact) mass is 250 g/mol. The predicted molar refractivity (Wildman–Crippen MR) is 49.1 cm³/mol. The van der Waals surface area contributed by atoms with Gasteiger partial charge in [-0.3, -0.25) is 4.79 Å². The van der Waals surface area contributed by atoms with Gasteiger partial charge in [0.2, 0.25) is 0 Å². The highest BCUT2D eigenvalue weighted by Crippen LogP contribution is 2.20. The fourth-order valence-corrected chi connectivity index (χ4v) is 1.97. The highest BCUT2D eigenvalue weighted by molar-refractivity contribution is 9.10. The van der Waals surface area contributed by atoms with Crippen molar-refractivity contribution in [2.45, 2.75) is 12.5 Å². The lowest BCUT2D eigenvalue weighted by molar-refractivity contribution is -0.138. The molecule has 0 aliphatic heterocycles. The number of carboxylic acids is 1. The van der Waals surface area contributed by atoms with Gasteiger partial charge < -0.3 is 10.8 Å². The van der Waals surface area contributed by atoms with Crippen molar-refractivity contribution in [3.8, 4) is 0 Å². The average molecular weight is 251 g/mol. The summed E-state index contributed by atoms with van der Waals surface area (Å²) in [5, 5.41) is 8.52. The zero-order chi connectivity index (χ0) is 9.14. The molecule has 1 atom stereocenters. The fraction of sp³-hybridized carbons (Fsp3) is 0.333. The van der Waals surface area contributed by atoms with E-state index >= 15 is 0 Å². The highest BCUT2D eigenvalue weighted by Gasteiger charge is 2.14. The van der Waals surface area contributed by atoms with Crippen molar-refractivity contribution < 1.29 is 9.90 Å². The van der Waals surface area contributed by atoms with Crippen LogP contribution in [0.15, 0.2) is 10.7 Å². The first kappa shape index (κ1) is 9.63. The molecule has 12 heavy (non-hydrogen) atoms. The van der Waals surface area contributed by atoms with Gasteiger partial charge in [-0.15, -0.1) is 0 Å². The van der Waals surface area contributed by atoms with Crippen molar-refractivity contribution >= 4 is 33.4 Å². The lowest BCUT2D eigenvalue weighted by atomic mass is 10.2. The van der Waals surface area contributed by atoms with Crippen LogP contribution in [0.5, 0.6) is 0 Å². The summed E-state index contributed by atoms with van der Waals surface area (Å²) in [6.07, 6.45) is 1.95. The minimum Gasteiger partial charge on any atom is -0.480 e. The minimum atomic E-state index is -0.990. The number of rotatable bonds is 3. The molecule has 6 heteroatoms. The van der Waals surface area contributed by atoms with Gasteiger partial charge >= 0.3 is 5.97 Å². The van der Waals surface area contributed by atoms with E-state index in [9.17, 15) is 4.79 Å². The topological polar surface area (TPSA) is 76.2 Å². The molecule has 0 fully saturated rings. The molecule has 0 bridgehead atoms. The Morgan fingerprint density at radius 2 is 2.58 bits per heavy atom. The molecule has 0 aromatic carbocycles. The minimum absolute atomic E-state index is 0.320. The summed E-state index contributed by atoms with van der Waals surface area (Å²) in [4.78, 5) is 11.2. The van der Waals surface area contributed by atoms with E-state index in [1.54, 1.807) is 6.20 Å². The Kier molecular flexibility index (Phi) is 3.19. The molecular weight excluding hydrogens is 244 g/mol. The quantitative estimate of drug-likeness (QED) is 0.835. The van der Waals surface area contributed by atoms with E-state index in [4.69, 9.17) is 10.8 Å². The van der Waals surface area contributed by atoms with Crippen LogP contribution in [-0.2, 0) is 11.2 Å². The summed E-state index contributed by atoms with van der Waals surface area (Å²) in [7, 11) is 0. The van der Waals surface area contributed by atoms with Crippen LogP contribution in [0.1, 0.15) is 4.88 Å². The number of carbonyl (C=O) groups is 1. The first-order valence-electron chi connectivity index (χ1n) is 3.18. The lowest BCUT2D eigenvalue weighted by Gasteiger charge is -2.02. The maximum Gasteiger partial charge on any atom is 0.320 e. The lowest BCUT2D eigenvalue weighted by Crippen LogP contribution is -2.31. The third-order valence-electron chi connectivity index (χ3n) is 1.32. The second-order valence-electron chi connectivity index (χ2n) is 2.25. The second-order valence-corrected chi connectivity index (χ2v) is 3.99. The normalized spacial score (nSPS) is 12.8. The van der Waals surface area contributed by atoms with Crippen LogP contribution in [0.4, 0.5) is 0 Å². The summed E-state index contributed by atoms with van der Waals surface area (Å²) >= 11 is 4.50. The van der Waals surface area contributed by atoms with Gasteiger partial charge in [0.25, 0.3) is 0 Å². The molecule has 0 saturated carbocycles. The number of hydrogen-bond donors (Lipinski definition) is 2. The molecule has 0 amide bonds. The van der Waals surface area contributed by atoms with Gasteiger partial charge in [-0.2, -0.15) is 4.37 Å². The second kappa shape index (κ2) is 3.97. The molecule has 1 heterocycles. The van der Waals surface area contributed by atoms with Gasteiger partial charge in [0.1, 0.15) is 6.04 Å². The van der Waals surface area contributed by atoms with Crippen LogP contribution < -0.4 is 5.73 Å². The Bertz CT molecular complexity index is 289. The third kappa shape index (κ3) is 2.26. The summed E-state index contributed by atoms with van der Waals surface area (Å²) in [5.41, 5.74) is 5.34. The number of hydrogen-bond acceptors (Lipinski definition) is 4. The van der Waals surface area contributed by atoms with Gasteiger partial charge in [-0.25, -0.2) is 0 Å². The molecule has 66 valence electrons. The summed E-state index contributed by atoms with van der Waals surface area (Å²) in [6, 6.07) is -0.846. The number of aliphatic carboxylic acids is 1. The number of halogens is 1. The smallest absolute Gasteiger partial charge is 0.320 e. The van der Waals surface area contributed by atoms with E-state index in [-0.39, 0.29) is 0 Å². The predicted octanol–water partition coefficient (Wildman–Crippen LogP) is 0.860. The standard InChI is InChI=1S/C6H7BrN2O2S/c7-3-2-9-12-5(3)1-4(8)6(10)11/h2,4H,1,8H2,(H,10,11)/t4-/m0/s1. The summed E-state index contributed by atoms with van der Waals surface area (Å²) in [6.45, 7) is 0. The van der Waals surface area contributed by atoms with Crippen LogP contribution in [0, 0.1) is 0 Å². The Balaban J connectivity index is 2.64. The van der Waals surface area contributed by atoms with E-state index in [1.807, 2.05) is 0 Å². The fourth-order valence-electron chi connectivity index (χ4n) is 0.674. The van der Waals surface area contributed by atoms with E-state index in [0.29, 0.717) is 6.42 Å². The molecule has 1 aromatic heterocycles. The van der Waals surface area contributed by atoms with Crippen LogP contribution in [0.2, 0.25) is 0 Å². The number of nitrogens with two attached hydrogens (primary N) is 1. The zero-order valence-corrected chi connectivity index (χ0v) is 8.43. The average Bonchev–Trinajstić information content (AvgIpc) is 2.36. The van der Waals surface area contributed by atoms with Crippen LogP contribution in [0.25, 0.3) is 0 Å². The van der Waals surface area contributed by atoms with E-state index in [1.165, 1.54) is 11.5 Å². The molecule has 4 nitrogen and oxygen atoms in total. The maximum absolute atomic E-state index is 10.4. The van der Waals surface area contributed by atoms with E-state index in [2.05, 4.69) is 20.3 Å². The summed E-state index contributed by atoms with van der Waals surface area (Å²) < 4.78 is 4.70. The molecule has 0 spiro atoms. The molecule has 0 radical (unpaired) electrons. The largest absolute Gasteiger partial charge is 0.480 e. The maximum atomic E-state index is 10.4. The first-order chi connectivity index (χ1) is 5.61. The number of carboxylic acid groups (broad SMARTS) is 1. The van der Waals surface area contributed by atoms with Gasteiger partial charge in [-0.1, -0.05) is 0 Å². The Hall–Kier alpha value is -0.460. The number of nitrogens with zero attached hydrogens (tertiary/aromatic N) is 1. The third-order valence-corrected chi connectivity index (χ3v) is 3.08. The van der Waals surface area contributed by atoms with Gasteiger partial charge in [0, 0.05) is 11.3 Å². The Morgan fingerprint density at radius 3 is 3.00 bits per heavy atom. The Morgan fingerprint density at radius 1 is 1.92 bits per heavy atom. The molecule has 1 rings (SSSR count). The molecule has 0 unspecified atom stereocenters. The van der Waals surface area contributed by atoms with Crippen molar-refractivity contribution in [3.05, 3.63) is 15.5 Å². The molecule has 0 saturated heterocycles. The van der Waals surface area contributed by atoms with E-state index in [0.717, 1.165) is 9.35 Å². The van der Waals surface area contributed by atoms with Crippen LogP contribution in [-0.4, -0.2) is 21.5 Å². The highest BCUT2D eigenvalue weighted by atomic mass is 79.9. The Labute approximate surface area is 81.7 Å². The van der Waals surface area contributed by atoms with E-state index < -0.39 is 12.0 Å². The van der Waals surface area contributed by atoms with Crippen molar-refractivity contribution in [1.82, 2.24) is 4.37 Å². The summed E-state index contributed by atoms with van der Waals surface area (Å²) in [5.74, 6) is -0.990. The van der Waals surface area contributed by atoms with Crippen molar-refractivity contribution in [2.75, 3.05) is 0 Å². The molecule has 1 aromatic rings. The zero-order valence-electron chi connectivity index (χ0n) is 6.03. The van der Waals surface area contributed by atoms with Gasteiger partial charge in [-0.05, 0) is 27.5 Å². The van der Waals surface area contributed by atoms with Crippen LogP contribution in [0.3, 0.4) is 0 Å². The molecule has 0 aliphatic carbocycles. The first-order valence-corrected chi connectivity index (χ1v) is 4.75. The number of aromatic nitrogens is 1. The van der Waals surface area contributed by atoms with Crippen molar-refractivity contribution in [1.29, 1.82) is 0 Å².